The maximum Gasteiger partial charge on any atom is 0.305 e. The zero-order chi connectivity index (χ0) is 17.8. The van der Waals surface area contributed by atoms with Crippen LogP contribution in [0.5, 0.6) is 11.5 Å². The zero-order valence-corrected chi connectivity index (χ0v) is 13.3. The molecule has 132 valence electrons. The molecule has 7 heteroatoms. The molecule has 0 saturated heterocycles. The summed E-state index contributed by atoms with van der Waals surface area (Å²) in [6.45, 7) is 0.701. The van der Waals surface area contributed by atoms with E-state index >= 15 is 0 Å². The van der Waals surface area contributed by atoms with Crippen molar-refractivity contribution in [3.8, 4) is 11.5 Å². The molecule has 0 amide bonds. The number of benzene rings is 2. The van der Waals surface area contributed by atoms with Crippen LogP contribution in [-0.2, 0) is 11.3 Å². The third kappa shape index (κ3) is 4.06. The van der Waals surface area contributed by atoms with Crippen molar-refractivity contribution in [2.75, 3.05) is 13.2 Å². The van der Waals surface area contributed by atoms with E-state index in [0.29, 0.717) is 23.5 Å². The third-order valence-electron chi connectivity index (χ3n) is 3.90. The fourth-order valence-electron chi connectivity index (χ4n) is 2.70. The van der Waals surface area contributed by atoms with Crippen molar-refractivity contribution >= 4 is 5.97 Å². The number of rotatable bonds is 6. The SMILES string of the molecule is O=C(O)CC(NCc1ccc2c(c1F)OCCO2)c1cccc(F)c1. The highest BCUT2D eigenvalue weighted by molar-refractivity contribution is 5.68. The summed E-state index contributed by atoms with van der Waals surface area (Å²) in [5.74, 6) is -1.63. The van der Waals surface area contributed by atoms with Gasteiger partial charge in [0.1, 0.15) is 19.0 Å². The van der Waals surface area contributed by atoms with Gasteiger partial charge in [-0.2, -0.15) is 0 Å². The largest absolute Gasteiger partial charge is 0.486 e. The summed E-state index contributed by atoms with van der Waals surface area (Å²) >= 11 is 0. The van der Waals surface area contributed by atoms with Crippen LogP contribution in [0, 0.1) is 11.6 Å². The van der Waals surface area contributed by atoms with Gasteiger partial charge < -0.3 is 19.9 Å². The summed E-state index contributed by atoms with van der Waals surface area (Å²) in [7, 11) is 0. The average Bonchev–Trinajstić information content (AvgIpc) is 2.60. The molecule has 0 saturated carbocycles. The van der Waals surface area contributed by atoms with Crippen LogP contribution >= 0.6 is 0 Å². The molecule has 1 unspecified atom stereocenters. The van der Waals surface area contributed by atoms with Gasteiger partial charge in [-0.3, -0.25) is 4.79 Å². The van der Waals surface area contributed by atoms with Gasteiger partial charge in [-0.1, -0.05) is 18.2 Å². The lowest BCUT2D eigenvalue weighted by Crippen LogP contribution is -2.24. The van der Waals surface area contributed by atoms with Gasteiger partial charge in [0.05, 0.1) is 6.42 Å². The summed E-state index contributed by atoms with van der Waals surface area (Å²) in [6.07, 6.45) is -0.254. The molecule has 2 N–H and O–H groups in total. The third-order valence-corrected chi connectivity index (χ3v) is 3.90. The molecule has 0 radical (unpaired) electrons. The molecule has 1 aliphatic heterocycles. The lowest BCUT2D eigenvalue weighted by Gasteiger charge is -2.21. The van der Waals surface area contributed by atoms with Crippen molar-refractivity contribution in [1.29, 1.82) is 0 Å². The van der Waals surface area contributed by atoms with Crippen molar-refractivity contribution < 1.29 is 28.2 Å². The van der Waals surface area contributed by atoms with Crippen LogP contribution in [0.1, 0.15) is 23.6 Å². The Morgan fingerprint density at radius 1 is 1.20 bits per heavy atom. The lowest BCUT2D eigenvalue weighted by molar-refractivity contribution is -0.137. The number of carboxylic acid groups (broad SMARTS) is 1. The monoisotopic (exact) mass is 349 g/mol. The van der Waals surface area contributed by atoms with Gasteiger partial charge in [-0.25, -0.2) is 8.78 Å². The van der Waals surface area contributed by atoms with E-state index in [4.69, 9.17) is 14.6 Å². The molecule has 0 spiro atoms. The first-order chi connectivity index (χ1) is 12.0. The van der Waals surface area contributed by atoms with Crippen molar-refractivity contribution in [2.24, 2.45) is 0 Å². The van der Waals surface area contributed by atoms with Crippen molar-refractivity contribution in [1.82, 2.24) is 5.32 Å². The number of ether oxygens (including phenoxy) is 2. The fourth-order valence-corrected chi connectivity index (χ4v) is 2.70. The summed E-state index contributed by atoms with van der Waals surface area (Å²) in [6, 6.07) is 8.20. The summed E-state index contributed by atoms with van der Waals surface area (Å²) in [5.41, 5.74) is 0.802. The van der Waals surface area contributed by atoms with Gasteiger partial charge in [0.25, 0.3) is 0 Å². The van der Waals surface area contributed by atoms with Crippen LogP contribution in [0.15, 0.2) is 36.4 Å². The summed E-state index contributed by atoms with van der Waals surface area (Å²) < 4.78 is 38.5. The number of fused-ring (bicyclic) bond motifs is 1. The predicted molar refractivity (Wildman–Crippen MR) is 85.6 cm³/mol. The molecule has 0 aromatic heterocycles. The molecular formula is C18H17F2NO4. The number of carbonyl (C=O) groups is 1. The molecule has 2 aromatic carbocycles. The molecule has 1 heterocycles. The first-order valence-electron chi connectivity index (χ1n) is 7.82. The fraction of sp³-hybridized carbons (Fsp3) is 0.278. The van der Waals surface area contributed by atoms with Gasteiger partial charge in [0, 0.05) is 18.2 Å². The van der Waals surface area contributed by atoms with Crippen LogP contribution in [0.4, 0.5) is 8.78 Å². The predicted octanol–water partition coefficient (Wildman–Crippen LogP) is 3.04. The number of nitrogens with one attached hydrogen (secondary N) is 1. The van der Waals surface area contributed by atoms with Gasteiger partial charge in [-0.05, 0) is 23.8 Å². The molecule has 2 aromatic rings. The molecule has 1 atom stereocenters. The molecule has 0 fully saturated rings. The Morgan fingerprint density at radius 2 is 2.00 bits per heavy atom. The van der Waals surface area contributed by atoms with Crippen LogP contribution in [0.25, 0.3) is 0 Å². The van der Waals surface area contributed by atoms with Gasteiger partial charge in [0.15, 0.2) is 17.3 Å². The second-order valence-electron chi connectivity index (χ2n) is 5.65. The Morgan fingerprint density at radius 3 is 2.76 bits per heavy atom. The van der Waals surface area contributed by atoms with Gasteiger partial charge >= 0.3 is 5.97 Å². The standard InChI is InChI=1S/C18H17F2NO4/c19-13-3-1-2-11(8-13)14(9-16(22)23)21-10-12-4-5-15-18(17(12)20)25-7-6-24-15/h1-5,8,14,21H,6-7,9-10H2,(H,22,23). The maximum atomic E-state index is 14.5. The number of aliphatic carboxylic acids is 1. The number of halogens is 2. The number of carboxylic acids is 1. The van der Waals surface area contributed by atoms with E-state index in [2.05, 4.69) is 5.32 Å². The molecule has 25 heavy (non-hydrogen) atoms. The minimum atomic E-state index is -1.04. The Kier molecular flexibility index (Phi) is 5.14. The number of hydrogen-bond donors (Lipinski definition) is 2. The first-order valence-corrected chi connectivity index (χ1v) is 7.82. The second kappa shape index (κ2) is 7.48. The van der Waals surface area contributed by atoms with Crippen molar-refractivity contribution in [3.63, 3.8) is 0 Å². The highest BCUT2D eigenvalue weighted by atomic mass is 19.1. The van der Waals surface area contributed by atoms with E-state index in [1.54, 1.807) is 18.2 Å². The average molecular weight is 349 g/mol. The van der Waals surface area contributed by atoms with E-state index in [0.717, 1.165) is 0 Å². The minimum absolute atomic E-state index is 0.0612. The first kappa shape index (κ1) is 17.2. The molecular weight excluding hydrogens is 332 g/mol. The smallest absolute Gasteiger partial charge is 0.305 e. The van der Waals surface area contributed by atoms with Gasteiger partial charge in [-0.15, -0.1) is 0 Å². The van der Waals surface area contributed by atoms with E-state index in [-0.39, 0.29) is 25.3 Å². The Labute approximate surface area is 143 Å². The molecule has 3 rings (SSSR count). The van der Waals surface area contributed by atoms with Crippen LogP contribution in [0.2, 0.25) is 0 Å². The summed E-state index contributed by atoms with van der Waals surface area (Å²) in [4.78, 5) is 11.1. The normalized spacial score (nSPS) is 14.2. The Balaban J connectivity index is 1.78. The molecule has 1 aliphatic rings. The van der Waals surface area contributed by atoms with Crippen molar-refractivity contribution in [3.05, 3.63) is 59.2 Å². The van der Waals surface area contributed by atoms with Crippen LogP contribution in [0.3, 0.4) is 0 Å². The van der Waals surface area contributed by atoms with E-state index in [1.807, 2.05) is 0 Å². The Hall–Kier alpha value is -2.67. The number of hydrogen-bond acceptors (Lipinski definition) is 4. The highest BCUT2D eigenvalue weighted by Gasteiger charge is 2.21. The Bertz CT molecular complexity index is 782. The van der Waals surface area contributed by atoms with Crippen LogP contribution < -0.4 is 14.8 Å². The van der Waals surface area contributed by atoms with Crippen molar-refractivity contribution in [2.45, 2.75) is 19.0 Å². The van der Waals surface area contributed by atoms with E-state index in [9.17, 15) is 13.6 Å². The maximum absolute atomic E-state index is 14.5. The van der Waals surface area contributed by atoms with Gasteiger partial charge in [0.2, 0.25) is 0 Å². The topological polar surface area (TPSA) is 67.8 Å². The lowest BCUT2D eigenvalue weighted by atomic mass is 10.0. The second-order valence-corrected chi connectivity index (χ2v) is 5.65. The minimum Gasteiger partial charge on any atom is -0.486 e. The van der Waals surface area contributed by atoms with E-state index in [1.165, 1.54) is 18.2 Å². The van der Waals surface area contributed by atoms with Crippen LogP contribution in [-0.4, -0.2) is 24.3 Å². The molecule has 5 nitrogen and oxygen atoms in total. The summed E-state index contributed by atoms with van der Waals surface area (Å²) in [5, 5.41) is 12.1. The van der Waals surface area contributed by atoms with E-state index < -0.39 is 23.6 Å². The molecule has 0 bridgehead atoms. The highest BCUT2D eigenvalue weighted by Crippen LogP contribution is 2.34. The zero-order valence-electron chi connectivity index (χ0n) is 13.3. The quantitative estimate of drug-likeness (QED) is 0.839. The molecule has 0 aliphatic carbocycles.